The van der Waals surface area contributed by atoms with Gasteiger partial charge in [-0.25, -0.2) is 0 Å². The molecule has 1 rings (SSSR count). The van der Waals surface area contributed by atoms with E-state index in [1.807, 2.05) is 0 Å². The van der Waals surface area contributed by atoms with Gasteiger partial charge in [0.25, 0.3) is 0 Å². The van der Waals surface area contributed by atoms with Crippen molar-refractivity contribution in [2.24, 2.45) is 0 Å². The van der Waals surface area contributed by atoms with E-state index in [-0.39, 0.29) is 5.75 Å². The maximum atomic E-state index is 11.2. The molecule has 1 aromatic carbocycles. The Morgan fingerprint density at radius 2 is 1.41 bits per heavy atom. The Balaban J connectivity index is 3.20. The zero-order chi connectivity index (χ0) is 13.3. The number of hydrogen-bond donors (Lipinski definition) is 4. The first kappa shape index (κ1) is 14.4. The third-order valence-electron chi connectivity index (χ3n) is 2.14. The second-order valence-electron chi connectivity index (χ2n) is 3.44. The van der Waals surface area contributed by atoms with Crippen molar-refractivity contribution in [3.63, 3.8) is 0 Å². The van der Waals surface area contributed by atoms with Crippen molar-refractivity contribution in [3.8, 4) is 5.75 Å². The van der Waals surface area contributed by atoms with Crippen molar-refractivity contribution < 1.29 is 33.4 Å². The van der Waals surface area contributed by atoms with Crippen LogP contribution >= 0.6 is 15.2 Å². The highest BCUT2D eigenvalue weighted by atomic mass is 31.2. The van der Waals surface area contributed by atoms with E-state index in [9.17, 15) is 9.13 Å². The van der Waals surface area contributed by atoms with Crippen LogP contribution in [0.3, 0.4) is 0 Å². The predicted molar refractivity (Wildman–Crippen MR) is 59.6 cm³/mol. The van der Waals surface area contributed by atoms with Gasteiger partial charge in [0.05, 0.1) is 0 Å². The molecule has 1 aromatic rings. The molecule has 0 saturated heterocycles. The lowest BCUT2D eigenvalue weighted by molar-refractivity contribution is 0.167. The second kappa shape index (κ2) is 4.53. The molecule has 0 spiro atoms. The molecular formula is C8H12O7P2. The summed E-state index contributed by atoms with van der Waals surface area (Å²) in [5, 5.41) is -2.89. The van der Waals surface area contributed by atoms with Gasteiger partial charge in [-0.2, -0.15) is 0 Å². The predicted octanol–water partition coefficient (Wildman–Crippen LogP) is 1.09. The van der Waals surface area contributed by atoms with Gasteiger partial charge in [0.15, 0.2) is 0 Å². The summed E-state index contributed by atoms with van der Waals surface area (Å²) in [7, 11) is -10.3. The number of ether oxygens (including phenoxy) is 1. The lowest BCUT2D eigenvalue weighted by atomic mass is 10.3. The molecule has 0 aliphatic rings. The maximum absolute atomic E-state index is 11.2. The molecule has 0 aliphatic heterocycles. The van der Waals surface area contributed by atoms with Crippen molar-refractivity contribution in [3.05, 3.63) is 30.3 Å². The van der Waals surface area contributed by atoms with Crippen molar-refractivity contribution >= 4 is 15.2 Å². The monoisotopic (exact) mass is 282 g/mol. The molecule has 0 unspecified atom stereocenters. The van der Waals surface area contributed by atoms with E-state index in [2.05, 4.69) is 0 Å². The van der Waals surface area contributed by atoms with Crippen LogP contribution < -0.4 is 4.74 Å². The highest BCUT2D eigenvalue weighted by molar-refractivity contribution is 7.72. The third kappa shape index (κ3) is 2.96. The smallest absolute Gasteiger partial charge is 0.381 e. The number of hydrogen-bond acceptors (Lipinski definition) is 3. The topological polar surface area (TPSA) is 124 Å². The molecule has 0 heterocycles. The van der Waals surface area contributed by atoms with Crippen LogP contribution in [0.5, 0.6) is 5.75 Å². The van der Waals surface area contributed by atoms with Gasteiger partial charge in [-0.3, -0.25) is 9.13 Å². The quantitative estimate of drug-likeness (QED) is 0.609. The number of para-hydroxylation sites is 1. The fourth-order valence-electron chi connectivity index (χ4n) is 1.00. The van der Waals surface area contributed by atoms with E-state index < -0.39 is 20.3 Å². The summed E-state index contributed by atoms with van der Waals surface area (Å²) in [6.07, 6.45) is 0. The second-order valence-corrected chi connectivity index (χ2v) is 7.67. The Hall–Kier alpha value is -0.680. The molecule has 0 radical (unpaired) electrons. The lowest BCUT2D eigenvalue weighted by Crippen LogP contribution is -2.32. The van der Waals surface area contributed by atoms with Crippen LogP contribution in [0.15, 0.2) is 30.3 Å². The first-order valence-corrected chi connectivity index (χ1v) is 7.66. The number of rotatable bonds is 4. The summed E-state index contributed by atoms with van der Waals surface area (Å²) in [5.41, 5.74) is 0. The standard InChI is InChI=1S/C8H12O7P2/c1-8(16(9,10)11,17(12,13)14)15-7-5-3-2-4-6-7/h2-6H,1H3,(H2,9,10,11)(H2,12,13,14). The Labute approximate surface area is 97.4 Å². The third-order valence-corrected chi connectivity index (χ3v) is 6.04. The van der Waals surface area contributed by atoms with E-state index in [0.29, 0.717) is 6.92 Å². The van der Waals surface area contributed by atoms with Gasteiger partial charge in [-0.1, -0.05) is 18.2 Å². The summed E-state index contributed by atoms with van der Waals surface area (Å²) in [5.74, 6) is -0.0401. The zero-order valence-electron chi connectivity index (χ0n) is 8.79. The molecule has 0 aliphatic carbocycles. The van der Waals surface area contributed by atoms with E-state index in [0.717, 1.165) is 0 Å². The summed E-state index contributed by atoms with van der Waals surface area (Å²) in [6, 6.07) is 7.32. The molecule has 0 bridgehead atoms. The minimum absolute atomic E-state index is 0.0401. The minimum atomic E-state index is -5.16. The van der Waals surface area contributed by atoms with Crippen LogP contribution in [-0.2, 0) is 9.13 Å². The van der Waals surface area contributed by atoms with Crippen LogP contribution in [0, 0.1) is 0 Å². The van der Waals surface area contributed by atoms with Crippen molar-refractivity contribution in [1.82, 2.24) is 0 Å². The first-order valence-electron chi connectivity index (χ1n) is 4.43. The van der Waals surface area contributed by atoms with E-state index in [4.69, 9.17) is 24.3 Å². The SMILES string of the molecule is CC(Oc1ccccc1)(P(=O)(O)O)P(=O)(O)O. The molecule has 0 saturated carbocycles. The molecule has 17 heavy (non-hydrogen) atoms. The summed E-state index contributed by atoms with van der Waals surface area (Å²) in [6.45, 7) is 0.682. The summed E-state index contributed by atoms with van der Waals surface area (Å²) in [4.78, 5) is 36.1. The van der Waals surface area contributed by atoms with E-state index in [1.54, 1.807) is 6.07 Å². The molecule has 9 heteroatoms. The summed E-state index contributed by atoms with van der Waals surface area (Å²) >= 11 is 0. The Kier molecular flexibility index (Phi) is 3.84. The van der Waals surface area contributed by atoms with E-state index in [1.165, 1.54) is 24.3 Å². The molecular weight excluding hydrogens is 270 g/mol. The molecule has 96 valence electrons. The normalized spacial score (nSPS) is 13.5. The molecule has 0 amide bonds. The van der Waals surface area contributed by atoms with Gasteiger partial charge in [0.1, 0.15) is 5.75 Å². The minimum Gasteiger partial charge on any atom is -0.462 e. The van der Waals surface area contributed by atoms with E-state index >= 15 is 0 Å². The maximum Gasteiger partial charge on any atom is 0.381 e. The molecule has 7 nitrogen and oxygen atoms in total. The molecule has 0 atom stereocenters. The first-order chi connectivity index (χ1) is 7.58. The van der Waals surface area contributed by atoms with Gasteiger partial charge in [0.2, 0.25) is 0 Å². The van der Waals surface area contributed by atoms with Crippen LogP contribution in [-0.4, -0.2) is 24.7 Å². The van der Waals surface area contributed by atoms with Gasteiger partial charge in [-0.15, -0.1) is 0 Å². The average molecular weight is 282 g/mol. The number of benzene rings is 1. The van der Waals surface area contributed by atoms with Gasteiger partial charge in [-0.05, 0) is 19.1 Å². The molecule has 0 aromatic heterocycles. The van der Waals surface area contributed by atoms with Crippen molar-refractivity contribution in [2.75, 3.05) is 0 Å². The highest BCUT2D eigenvalue weighted by Gasteiger charge is 2.59. The Morgan fingerprint density at radius 1 is 1.00 bits per heavy atom. The van der Waals surface area contributed by atoms with Gasteiger partial charge >= 0.3 is 20.3 Å². The van der Waals surface area contributed by atoms with Crippen LogP contribution in [0.25, 0.3) is 0 Å². The Bertz CT molecular complexity index is 452. The van der Waals surface area contributed by atoms with Crippen molar-refractivity contribution in [2.45, 2.75) is 12.0 Å². The molecule has 0 fully saturated rings. The average Bonchev–Trinajstić information content (AvgIpc) is 2.15. The largest absolute Gasteiger partial charge is 0.462 e. The van der Waals surface area contributed by atoms with Crippen LogP contribution in [0.4, 0.5) is 0 Å². The van der Waals surface area contributed by atoms with Crippen LogP contribution in [0.2, 0.25) is 0 Å². The molecule has 4 N–H and O–H groups in total. The van der Waals surface area contributed by atoms with Gasteiger partial charge in [0, 0.05) is 0 Å². The zero-order valence-corrected chi connectivity index (χ0v) is 10.6. The fourth-order valence-corrected chi connectivity index (χ4v) is 2.81. The lowest BCUT2D eigenvalue weighted by Gasteiger charge is -2.31. The highest BCUT2D eigenvalue weighted by Crippen LogP contribution is 2.68. The Morgan fingerprint density at radius 3 is 1.76 bits per heavy atom. The fraction of sp³-hybridized carbons (Fsp3) is 0.250. The van der Waals surface area contributed by atoms with Crippen LogP contribution in [0.1, 0.15) is 6.92 Å². The summed E-state index contributed by atoms with van der Waals surface area (Å²) < 4.78 is 27.2. The van der Waals surface area contributed by atoms with Gasteiger partial charge < -0.3 is 24.3 Å². The van der Waals surface area contributed by atoms with Crippen molar-refractivity contribution in [1.29, 1.82) is 0 Å².